The number of halogens is 1. The summed E-state index contributed by atoms with van der Waals surface area (Å²) in [4.78, 5) is 11.9. The number of nitrogens with one attached hydrogen (secondary N) is 2. The molecule has 0 radical (unpaired) electrons. The molecule has 0 bridgehead atoms. The van der Waals surface area contributed by atoms with Crippen LogP contribution in [0.4, 0.5) is 5.69 Å². The topological polar surface area (TPSA) is 50.4 Å². The highest BCUT2D eigenvalue weighted by Crippen LogP contribution is 2.25. The Morgan fingerprint density at radius 1 is 1.53 bits per heavy atom. The monoisotopic (exact) mass is 284 g/mol. The van der Waals surface area contributed by atoms with Gasteiger partial charge in [-0.15, -0.1) is 12.4 Å². The molecule has 0 aromatic heterocycles. The molecule has 5 heteroatoms. The van der Waals surface area contributed by atoms with Crippen LogP contribution in [-0.2, 0) is 4.79 Å². The Bertz CT molecular complexity index is 431. The first kappa shape index (κ1) is 15.8. The van der Waals surface area contributed by atoms with Gasteiger partial charge in [0.05, 0.1) is 12.8 Å². The minimum atomic E-state index is 0. The number of hydrogen-bond donors (Lipinski definition) is 2. The smallest absolute Gasteiger partial charge is 0.226 e. The van der Waals surface area contributed by atoms with E-state index < -0.39 is 0 Å². The van der Waals surface area contributed by atoms with Crippen molar-refractivity contribution in [1.29, 1.82) is 0 Å². The predicted octanol–water partition coefficient (Wildman–Crippen LogP) is 2.51. The number of carbonyl (C=O) groups excluding carboxylic acids is 1. The molecule has 0 aliphatic carbocycles. The van der Waals surface area contributed by atoms with Crippen LogP contribution in [0.15, 0.2) is 18.2 Å². The molecule has 4 nitrogen and oxygen atoms in total. The van der Waals surface area contributed by atoms with E-state index in [4.69, 9.17) is 4.74 Å². The number of amides is 1. The van der Waals surface area contributed by atoms with Gasteiger partial charge in [0, 0.05) is 12.5 Å². The van der Waals surface area contributed by atoms with Gasteiger partial charge in [-0.25, -0.2) is 0 Å². The lowest BCUT2D eigenvalue weighted by molar-refractivity contribution is -0.116. The third-order valence-electron chi connectivity index (χ3n) is 3.22. The van der Waals surface area contributed by atoms with E-state index in [9.17, 15) is 4.79 Å². The Morgan fingerprint density at radius 3 is 2.95 bits per heavy atom. The Kier molecular flexibility index (Phi) is 6.12. The standard InChI is InChI=1S/C14H20N2O2.ClH/c1-10-5-6-13(18-2)12(8-10)16-14(17)9-11-4-3-7-15-11;/h5-6,8,11,15H,3-4,7,9H2,1-2H3,(H,16,17);1H. The molecule has 19 heavy (non-hydrogen) atoms. The molecule has 1 unspecified atom stereocenters. The fraction of sp³-hybridized carbons (Fsp3) is 0.500. The summed E-state index contributed by atoms with van der Waals surface area (Å²) in [6.45, 7) is 3.01. The van der Waals surface area contributed by atoms with Crippen LogP contribution in [0.2, 0.25) is 0 Å². The van der Waals surface area contributed by atoms with Crippen LogP contribution in [0, 0.1) is 6.92 Å². The Morgan fingerprint density at radius 2 is 2.32 bits per heavy atom. The average Bonchev–Trinajstić information content (AvgIpc) is 2.82. The van der Waals surface area contributed by atoms with Crippen LogP contribution in [0.3, 0.4) is 0 Å². The van der Waals surface area contributed by atoms with Gasteiger partial charge < -0.3 is 15.4 Å². The third-order valence-corrected chi connectivity index (χ3v) is 3.22. The molecule has 1 saturated heterocycles. The second-order valence-corrected chi connectivity index (χ2v) is 4.75. The van der Waals surface area contributed by atoms with Gasteiger partial charge in [-0.05, 0) is 44.0 Å². The van der Waals surface area contributed by atoms with Gasteiger partial charge in [0.15, 0.2) is 0 Å². The highest BCUT2D eigenvalue weighted by atomic mass is 35.5. The van der Waals surface area contributed by atoms with Crippen molar-refractivity contribution in [2.75, 3.05) is 19.0 Å². The van der Waals surface area contributed by atoms with Crippen molar-refractivity contribution < 1.29 is 9.53 Å². The molecule has 0 spiro atoms. The summed E-state index contributed by atoms with van der Waals surface area (Å²) in [5.41, 5.74) is 1.85. The Balaban J connectivity index is 0.00000180. The highest BCUT2D eigenvalue weighted by molar-refractivity contribution is 5.92. The van der Waals surface area contributed by atoms with E-state index >= 15 is 0 Å². The van der Waals surface area contributed by atoms with E-state index in [1.165, 1.54) is 0 Å². The molecule has 1 aliphatic rings. The Labute approximate surface area is 120 Å². The maximum absolute atomic E-state index is 11.9. The molecular weight excluding hydrogens is 264 g/mol. The van der Waals surface area contributed by atoms with Gasteiger partial charge in [0.1, 0.15) is 5.75 Å². The number of ether oxygens (including phenoxy) is 1. The molecule has 1 aromatic rings. The van der Waals surface area contributed by atoms with Gasteiger partial charge in [0.25, 0.3) is 0 Å². The van der Waals surface area contributed by atoms with Gasteiger partial charge >= 0.3 is 0 Å². The molecular formula is C14H21ClN2O2. The van der Waals surface area contributed by atoms with Crippen molar-refractivity contribution in [2.24, 2.45) is 0 Å². The molecule has 106 valence electrons. The lowest BCUT2D eigenvalue weighted by atomic mass is 10.1. The number of benzene rings is 1. The second-order valence-electron chi connectivity index (χ2n) is 4.75. The van der Waals surface area contributed by atoms with E-state index in [1.54, 1.807) is 7.11 Å². The molecule has 0 saturated carbocycles. The summed E-state index contributed by atoms with van der Waals surface area (Å²) >= 11 is 0. The van der Waals surface area contributed by atoms with Crippen LogP contribution < -0.4 is 15.4 Å². The number of aryl methyl sites for hydroxylation is 1. The quantitative estimate of drug-likeness (QED) is 0.893. The molecule has 1 aromatic carbocycles. The van der Waals surface area contributed by atoms with Crippen LogP contribution in [0.1, 0.15) is 24.8 Å². The van der Waals surface area contributed by atoms with Crippen molar-refractivity contribution in [3.8, 4) is 5.75 Å². The number of rotatable bonds is 4. The lowest BCUT2D eigenvalue weighted by Gasteiger charge is -2.13. The SMILES string of the molecule is COc1ccc(C)cc1NC(=O)CC1CCCN1.Cl. The number of methoxy groups -OCH3 is 1. The molecule has 2 N–H and O–H groups in total. The normalized spacial score (nSPS) is 17.7. The maximum atomic E-state index is 11.9. The summed E-state index contributed by atoms with van der Waals surface area (Å²) < 4.78 is 5.24. The fourth-order valence-corrected chi connectivity index (χ4v) is 2.28. The first-order valence-electron chi connectivity index (χ1n) is 6.37. The van der Waals surface area contributed by atoms with Crippen molar-refractivity contribution in [3.63, 3.8) is 0 Å². The maximum Gasteiger partial charge on any atom is 0.226 e. The van der Waals surface area contributed by atoms with Crippen molar-refractivity contribution in [1.82, 2.24) is 5.32 Å². The van der Waals surface area contributed by atoms with Gasteiger partial charge in [0.2, 0.25) is 5.91 Å². The van der Waals surface area contributed by atoms with E-state index in [0.717, 1.165) is 30.6 Å². The van der Waals surface area contributed by atoms with E-state index in [0.29, 0.717) is 18.2 Å². The first-order chi connectivity index (χ1) is 8.69. The number of hydrogen-bond acceptors (Lipinski definition) is 3. The molecule has 1 heterocycles. The molecule has 1 atom stereocenters. The zero-order chi connectivity index (χ0) is 13.0. The zero-order valence-corrected chi connectivity index (χ0v) is 12.2. The van der Waals surface area contributed by atoms with Crippen LogP contribution >= 0.6 is 12.4 Å². The van der Waals surface area contributed by atoms with E-state index in [2.05, 4.69) is 10.6 Å². The second kappa shape index (κ2) is 7.36. The molecule has 1 aliphatic heterocycles. The minimum Gasteiger partial charge on any atom is -0.495 e. The number of anilines is 1. The van der Waals surface area contributed by atoms with Gasteiger partial charge in [-0.2, -0.15) is 0 Å². The summed E-state index contributed by atoms with van der Waals surface area (Å²) in [6.07, 6.45) is 2.77. The van der Waals surface area contributed by atoms with E-state index in [1.807, 2.05) is 25.1 Å². The minimum absolute atomic E-state index is 0. The van der Waals surface area contributed by atoms with Crippen molar-refractivity contribution in [2.45, 2.75) is 32.2 Å². The average molecular weight is 285 g/mol. The Hall–Kier alpha value is -1.26. The fourth-order valence-electron chi connectivity index (χ4n) is 2.28. The molecule has 1 amide bonds. The summed E-state index contributed by atoms with van der Waals surface area (Å²) in [5.74, 6) is 0.742. The van der Waals surface area contributed by atoms with Crippen molar-refractivity contribution in [3.05, 3.63) is 23.8 Å². The largest absolute Gasteiger partial charge is 0.495 e. The number of carbonyl (C=O) groups is 1. The van der Waals surface area contributed by atoms with Gasteiger partial charge in [-0.1, -0.05) is 6.07 Å². The zero-order valence-electron chi connectivity index (χ0n) is 11.4. The lowest BCUT2D eigenvalue weighted by Crippen LogP contribution is -2.27. The van der Waals surface area contributed by atoms with Crippen LogP contribution in [0.25, 0.3) is 0 Å². The summed E-state index contributed by atoms with van der Waals surface area (Å²) in [7, 11) is 1.61. The van der Waals surface area contributed by atoms with Gasteiger partial charge in [-0.3, -0.25) is 4.79 Å². The third kappa shape index (κ3) is 4.40. The van der Waals surface area contributed by atoms with E-state index in [-0.39, 0.29) is 18.3 Å². The predicted molar refractivity (Wildman–Crippen MR) is 79.3 cm³/mol. The summed E-state index contributed by atoms with van der Waals surface area (Å²) in [6, 6.07) is 6.09. The molecule has 1 fully saturated rings. The summed E-state index contributed by atoms with van der Waals surface area (Å²) in [5, 5.41) is 6.25. The van der Waals surface area contributed by atoms with Crippen LogP contribution in [-0.4, -0.2) is 25.6 Å². The highest BCUT2D eigenvalue weighted by Gasteiger charge is 2.18. The molecule has 2 rings (SSSR count). The van der Waals surface area contributed by atoms with Crippen molar-refractivity contribution >= 4 is 24.0 Å². The van der Waals surface area contributed by atoms with Crippen LogP contribution in [0.5, 0.6) is 5.75 Å². The first-order valence-corrected chi connectivity index (χ1v) is 6.37.